The Balaban J connectivity index is 2.30. The van der Waals surface area contributed by atoms with Crippen LogP contribution in [0.1, 0.15) is 15.9 Å². The van der Waals surface area contributed by atoms with Gasteiger partial charge >= 0.3 is 0 Å². The Bertz CT molecular complexity index is 732. The van der Waals surface area contributed by atoms with E-state index in [2.05, 4.69) is 37.2 Å². The van der Waals surface area contributed by atoms with Crippen LogP contribution in [-0.4, -0.2) is 10.8 Å². The van der Waals surface area contributed by atoms with Crippen LogP contribution >= 0.6 is 31.9 Å². The molecule has 5 nitrogen and oxygen atoms in total. The van der Waals surface area contributed by atoms with Gasteiger partial charge in [0.15, 0.2) is 0 Å². The lowest BCUT2D eigenvalue weighted by atomic mass is 10.1. The second-order valence-corrected chi connectivity index (χ2v) is 6.00. The van der Waals surface area contributed by atoms with E-state index in [0.717, 1.165) is 10.0 Å². The number of benzene rings is 2. The zero-order valence-electron chi connectivity index (χ0n) is 10.9. The van der Waals surface area contributed by atoms with Crippen molar-refractivity contribution in [3.8, 4) is 0 Å². The van der Waals surface area contributed by atoms with E-state index in [-0.39, 0.29) is 11.6 Å². The molecule has 0 aromatic heterocycles. The number of hydrogen-bond acceptors (Lipinski definition) is 3. The quantitative estimate of drug-likeness (QED) is 0.586. The summed E-state index contributed by atoms with van der Waals surface area (Å²) in [6, 6.07) is 9.74. The first-order valence-electron chi connectivity index (χ1n) is 5.90. The maximum atomic E-state index is 12.2. The molecule has 0 aliphatic carbocycles. The molecular weight excluding hydrogens is 404 g/mol. The summed E-state index contributed by atoms with van der Waals surface area (Å²) >= 11 is 6.47. The molecule has 2 aromatic rings. The predicted octanol–water partition coefficient (Wildman–Crippen LogP) is 4.68. The molecule has 0 fully saturated rings. The molecule has 0 saturated heterocycles. The van der Waals surface area contributed by atoms with Crippen LogP contribution < -0.4 is 5.32 Å². The maximum absolute atomic E-state index is 12.2. The van der Waals surface area contributed by atoms with Crippen LogP contribution in [0, 0.1) is 17.0 Å². The van der Waals surface area contributed by atoms with Gasteiger partial charge in [0.1, 0.15) is 0 Å². The van der Waals surface area contributed by atoms with Crippen molar-refractivity contribution in [3.05, 3.63) is 66.6 Å². The predicted molar refractivity (Wildman–Crippen MR) is 87.6 cm³/mol. The summed E-state index contributed by atoms with van der Waals surface area (Å²) in [5.74, 6) is -0.314. The molecule has 2 rings (SSSR count). The molecule has 1 N–H and O–H groups in total. The molecule has 21 heavy (non-hydrogen) atoms. The molecule has 108 valence electrons. The van der Waals surface area contributed by atoms with E-state index in [1.807, 2.05) is 13.0 Å². The van der Waals surface area contributed by atoms with Gasteiger partial charge in [0.05, 0.1) is 9.40 Å². The molecule has 0 spiro atoms. The zero-order chi connectivity index (χ0) is 15.6. The van der Waals surface area contributed by atoms with Crippen molar-refractivity contribution in [2.75, 3.05) is 5.32 Å². The summed E-state index contributed by atoms with van der Waals surface area (Å²) in [7, 11) is 0. The van der Waals surface area contributed by atoms with Gasteiger partial charge in [0.25, 0.3) is 11.6 Å². The Labute approximate surface area is 137 Å². The van der Waals surface area contributed by atoms with Crippen LogP contribution in [0.15, 0.2) is 45.3 Å². The Kier molecular flexibility index (Phi) is 4.74. The highest BCUT2D eigenvalue weighted by Gasteiger charge is 2.15. The highest BCUT2D eigenvalue weighted by molar-refractivity contribution is 9.10. The number of nitrogens with one attached hydrogen (secondary N) is 1. The van der Waals surface area contributed by atoms with Crippen molar-refractivity contribution in [1.82, 2.24) is 0 Å². The summed E-state index contributed by atoms with van der Waals surface area (Å²) in [5.41, 5.74) is 1.59. The van der Waals surface area contributed by atoms with Crippen LogP contribution in [0.25, 0.3) is 0 Å². The normalized spacial score (nSPS) is 10.2. The van der Waals surface area contributed by atoms with E-state index >= 15 is 0 Å². The van der Waals surface area contributed by atoms with Gasteiger partial charge in [-0.25, -0.2) is 0 Å². The average molecular weight is 414 g/mol. The van der Waals surface area contributed by atoms with Crippen molar-refractivity contribution >= 4 is 49.1 Å². The molecule has 0 atom stereocenters. The van der Waals surface area contributed by atoms with Crippen LogP contribution in [0.2, 0.25) is 0 Å². The minimum absolute atomic E-state index is 0.0984. The third kappa shape index (κ3) is 3.48. The second kappa shape index (κ2) is 6.36. The number of nitro benzene ring substituents is 1. The van der Waals surface area contributed by atoms with Crippen LogP contribution in [0.5, 0.6) is 0 Å². The Morgan fingerprint density at radius 3 is 2.57 bits per heavy atom. The van der Waals surface area contributed by atoms with E-state index in [0.29, 0.717) is 15.7 Å². The zero-order valence-corrected chi connectivity index (χ0v) is 14.1. The summed E-state index contributed by atoms with van der Waals surface area (Å²) < 4.78 is 1.20. The Morgan fingerprint density at radius 1 is 1.19 bits per heavy atom. The number of nitrogens with zero attached hydrogens (tertiary/aromatic N) is 1. The third-order valence-corrected chi connectivity index (χ3v) is 4.44. The van der Waals surface area contributed by atoms with Gasteiger partial charge in [-0.15, -0.1) is 0 Å². The number of carbonyl (C=O) groups excluding carboxylic acids is 1. The maximum Gasteiger partial charge on any atom is 0.285 e. The molecule has 0 aliphatic heterocycles. The topological polar surface area (TPSA) is 72.2 Å². The lowest BCUT2D eigenvalue weighted by Gasteiger charge is -2.09. The van der Waals surface area contributed by atoms with E-state index < -0.39 is 4.92 Å². The lowest BCUT2D eigenvalue weighted by Crippen LogP contribution is -2.13. The summed E-state index contributed by atoms with van der Waals surface area (Å²) in [4.78, 5) is 22.6. The second-order valence-electron chi connectivity index (χ2n) is 4.29. The molecular formula is C14H10Br2N2O3. The van der Waals surface area contributed by atoms with E-state index in [4.69, 9.17) is 0 Å². The minimum atomic E-state index is -0.510. The van der Waals surface area contributed by atoms with Crippen LogP contribution in [0.3, 0.4) is 0 Å². The fourth-order valence-corrected chi connectivity index (χ4v) is 2.54. The molecule has 1 amide bonds. The number of halogens is 2. The minimum Gasteiger partial charge on any atom is -0.322 e. The van der Waals surface area contributed by atoms with Crippen molar-refractivity contribution in [2.45, 2.75) is 6.92 Å². The molecule has 0 radical (unpaired) electrons. The highest BCUT2D eigenvalue weighted by Crippen LogP contribution is 2.28. The fourth-order valence-electron chi connectivity index (χ4n) is 1.78. The number of carbonyl (C=O) groups is 1. The van der Waals surface area contributed by atoms with Crippen LogP contribution in [0.4, 0.5) is 11.4 Å². The number of anilines is 1. The van der Waals surface area contributed by atoms with Crippen LogP contribution in [-0.2, 0) is 0 Å². The van der Waals surface area contributed by atoms with Gasteiger partial charge in [0, 0.05) is 21.8 Å². The standard InChI is InChI=1S/C14H10Br2N2O3/c1-8-10(3-2-4-11(8)15)14(19)17-9-5-6-12(16)13(7-9)18(20)21/h2-7H,1H3,(H,17,19). The van der Waals surface area contributed by atoms with Gasteiger partial charge < -0.3 is 5.32 Å². The Hall–Kier alpha value is -1.73. The smallest absolute Gasteiger partial charge is 0.285 e. The first-order valence-corrected chi connectivity index (χ1v) is 7.49. The molecule has 7 heteroatoms. The number of nitro groups is 1. The molecule has 0 aliphatic rings. The molecule has 2 aromatic carbocycles. The van der Waals surface area contributed by atoms with Crippen molar-refractivity contribution in [1.29, 1.82) is 0 Å². The van der Waals surface area contributed by atoms with Gasteiger partial charge in [0.2, 0.25) is 0 Å². The van der Waals surface area contributed by atoms with Gasteiger partial charge in [-0.05, 0) is 52.7 Å². The van der Waals surface area contributed by atoms with Crippen molar-refractivity contribution in [3.63, 3.8) is 0 Å². The van der Waals surface area contributed by atoms with Crippen molar-refractivity contribution < 1.29 is 9.72 Å². The monoisotopic (exact) mass is 412 g/mol. The number of hydrogen-bond donors (Lipinski definition) is 1. The van der Waals surface area contributed by atoms with E-state index in [1.165, 1.54) is 12.1 Å². The summed E-state index contributed by atoms with van der Waals surface area (Å²) in [6.07, 6.45) is 0. The van der Waals surface area contributed by atoms with Gasteiger partial charge in [-0.1, -0.05) is 22.0 Å². The van der Waals surface area contributed by atoms with E-state index in [1.54, 1.807) is 18.2 Å². The highest BCUT2D eigenvalue weighted by atomic mass is 79.9. The Morgan fingerprint density at radius 2 is 1.90 bits per heavy atom. The fraction of sp³-hybridized carbons (Fsp3) is 0.0714. The summed E-state index contributed by atoms with van der Waals surface area (Å²) in [5, 5.41) is 13.5. The summed E-state index contributed by atoms with van der Waals surface area (Å²) in [6.45, 7) is 1.82. The molecule has 0 saturated carbocycles. The largest absolute Gasteiger partial charge is 0.322 e. The average Bonchev–Trinajstić information content (AvgIpc) is 2.43. The SMILES string of the molecule is Cc1c(Br)cccc1C(=O)Nc1ccc(Br)c([N+](=O)[O-])c1. The van der Waals surface area contributed by atoms with Gasteiger partial charge in [-0.2, -0.15) is 0 Å². The van der Waals surface area contributed by atoms with Crippen molar-refractivity contribution in [2.24, 2.45) is 0 Å². The number of rotatable bonds is 3. The molecule has 0 unspecified atom stereocenters. The third-order valence-electron chi connectivity index (χ3n) is 2.91. The molecule has 0 heterocycles. The molecule has 0 bridgehead atoms. The van der Waals surface area contributed by atoms with E-state index in [9.17, 15) is 14.9 Å². The first-order chi connectivity index (χ1) is 9.90. The first kappa shape index (κ1) is 15.7. The number of amides is 1. The lowest BCUT2D eigenvalue weighted by molar-refractivity contribution is -0.385. The van der Waals surface area contributed by atoms with Gasteiger partial charge in [-0.3, -0.25) is 14.9 Å².